The highest BCUT2D eigenvalue weighted by atomic mass is 16.5. The molecule has 0 aliphatic heterocycles. The molecule has 0 aliphatic carbocycles. The van der Waals surface area contributed by atoms with Crippen LogP contribution < -0.4 is 0 Å². The topological polar surface area (TPSA) is 65.5 Å². The first-order valence-corrected chi connectivity index (χ1v) is 4.81. The monoisotopic (exact) mass is 223 g/mol. The van der Waals surface area contributed by atoms with E-state index in [0.717, 1.165) is 0 Å². The van der Waals surface area contributed by atoms with Crippen LogP contribution in [0, 0.1) is 0 Å². The second kappa shape index (κ2) is 5.25. The van der Waals surface area contributed by atoms with E-state index in [9.17, 15) is 9.59 Å². The number of hydrogen-bond donors (Lipinski definition) is 0. The number of hydrogen-bond acceptors (Lipinski definition) is 5. The summed E-state index contributed by atoms with van der Waals surface area (Å²) in [6.45, 7) is 3.48. The molecule has 0 fully saturated rings. The molecule has 0 N–H and O–H groups in total. The normalized spacial score (nSPS) is 10.0. The fraction of sp³-hybridized carbons (Fsp3) is 0.364. The number of ether oxygens (including phenoxy) is 2. The molecule has 0 radical (unpaired) electrons. The van der Waals surface area contributed by atoms with Gasteiger partial charge in [0, 0.05) is 0 Å². The second-order valence-corrected chi connectivity index (χ2v) is 3.35. The molecular formula is C11H13NO4. The number of rotatable bonds is 3. The number of carbonyl (C=O) groups is 2. The van der Waals surface area contributed by atoms with Crippen LogP contribution in [0.5, 0.6) is 0 Å². The van der Waals surface area contributed by atoms with Crippen LogP contribution in [0.2, 0.25) is 0 Å². The van der Waals surface area contributed by atoms with E-state index in [1.165, 1.54) is 19.2 Å². The van der Waals surface area contributed by atoms with Gasteiger partial charge >= 0.3 is 11.9 Å². The lowest BCUT2D eigenvalue weighted by molar-refractivity contribution is 0.0370. The smallest absolute Gasteiger partial charge is 0.357 e. The maximum absolute atomic E-state index is 11.5. The van der Waals surface area contributed by atoms with Gasteiger partial charge in [-0.1, -0.05) is 6.07 Å². The van der Waals surface area contributed by atoms with Crippen molar-refractivity contribution >= 4 is 11.9 Å². The van der Waals surface area contributed by atoms with Gasteiger partial charge in [0.2, 0.25) is 0 Å². The maximum atomic E-state index is 11.5. The average molecular weight is 223 g/mol. The molecule has 1 heterocycles. The van der Waals surface area contributed by atoms with Crippen molar-refractivity contribution in [2.24, 2.45) is 0 Å². The number of aromatic nitrogens is 1. The highest BCUT2D eigenvalue weighted by Crippen LogP contribution is 2.04. The van der Waals surface area contributed by atoms with Crippen LogP contribution in [0.15, 0.2) is 18.2 Å². The van der Waals surface area contributed by atoms with Gasteiger partial charge in [0.1, 0.15) is 11.4 Å². The highest BCUT2D eigenvalue weighted by molar-refractivity contribution is 5.91. The average Bonchev–Trinajstić information content (AvgIpc) is 2.27. The van der Waals surface area contributed by atoms with Crippen molar-refractivity contribution in [2.45, 2.75) is 20.0 Å². The summed E-state index contributed by atoms with van der Waals surface area (Å²) in [4.78, 5) is 26.5. The lowest BCUT2D eigenvalue weighted by Gasteiger charge is -2.07. The summed E-state index contributed by atoms with van der Waals surface area (Å²) in [7, 11) is 1.25. The van der Waals surface area contributed by atoms with Gasteiger partial charge in [0.05, 0.1) is 13.2 Å². The molecule has 5 nitrogen and oxygen atoms in total. The van der Waals surface area contributed by atoms with E-state index in [2.05, 4.69) is 9.72 Å². The number of nitrogens with zero attached hydrogens (tertiary/aromatic N) is 1. The Balaban J connectivity index is 2.90. The first-order chi connectivity index (χ1) is 7.54. The molecule has 0 bridgehead atoms. The van der Waals surface area contributed by atoms with Crippen molar-refractivity contribution in [3.8, 4) is 0 Å². The van der Waals surface area contributed by atoms with E-state index < -0.39 is 11.9 Å². The molecule has 1 aromatic heterocycles. The fourth-order valence-electron chi connectivity index (χ4n) is 1.04. The Labute approximate surface area is 93.4 Å². The molecule has 0 unspecified atom stereocenters. The van der Waals surface area contributed by atoms with Crippen molar-refractivity contribution in [3.05, 3.63) is 29.6 Å². The lowest BCUT2D eigenvalue weighted by Crippen LogP contribution is -2.15. The quantitative estimate of drug-likeness (QED) is 0.725. The van der Waals surface area contributed by atoms with Crippen molar-refractivity contribution in [1.82, 2.24) is 4.98 Å². The minimum absolute atomic E-state index is 0.0840. The largest absolute Gasteiger partial charge is 0.464 e. The summed E-state index contributed by atoms with van der Waals surface area (Å²) >= 11 is 0. The molecule has 0 saturated heterocycles. The first-order valence-electron chi connectivity index (χ1n) is 4.81. The van der Waals surface area contributed by atoms with E-state index in [4.69, 9.17) is 4.74 Å². The minimum Gasteiger partial charge on any atom is -0.464 e. The molecule has 0 aliphatic rings. The molecule has 0 spiro atoms. The van der Waals surface area contributed by atoms with E-state index >= 15 is 0 Å². The Hall–Kier alpha value is -1.91. The molecule has 86 valence electrons. The summed E-state index contributed by atoms with van der Waals surface area (Å²) in [5, 5.41) is 0. The van der Waals surface area contributed by atoms with Gasteiger partial charge in [0.15, 0.2) is 0 Å². The van der Waals surface area contributed by atoms with Gasteiger partial charge < -0.3 is 9.47 Å². The number of methoxy groups -OCH3 is 1. The van der Waals surface area contributed by atoms with Crippen LogP contribution >= 0.6 is 0 Å². The van der Waals surface area contributed by atoms with E-state index in [0.29, 0.717) is 0 Å². The van der Waals surface area contributed by atoms with Crippen LogP contribution in [0.1, 0.15) is 34.8 Å². The number of pyridine rings is 1. The van der Waals surface area contributed by atoms with E-state index in [1.54, 1.807) is 19.9 Å². The maximum Gasteiger partial charge on any atom is 0.357 e. The van der Waals surface area contributed by atoms with Gasteiger partial charge in [-0.25, -0.2) is 14.6 Å². The zero-order chi connectivity index (χ0) is 12.1. The summed E-state index contributed by atoms with van der Waals surface area (Å²) in [6, 6.07) is 4.51. The van der Waals surface area contributed by atoms with Crippen LogP contribution in [0.3, 0.4) is 0 Å². The predicted octanol–water partition coefficient (Wildman–Crippen LogP) is 1.43. The Kier molecular flexibility index (Phi) is 3.99. The highest BCUT2D eigenvalue weighted by Gasteiger charge is 2.14. The zero-order valence-electron chi connectivity index (χ0n) is 9.39. The van der Waals surface area contributed by atoms with Gasteiger partial charge in [-0.2, -0.15) is 0 Å². The molecule has 0 saturated carbocycles. The molecule has 0 atom stereocenters. The second-order valence-electron chi connectivity index (χ2n) is 3.35. The van der Waals surface area contributed by atoms with Gasteiger partial charge in [-0.05, 0) is 26.0 Å². The third-order valence-corrected chi connectivity index (χ3v) is 1.70. The van der Waals surface area contributed by atoms with E-state index in [-0.39, 0.29) is 17.5 Å². The Morgan fingerprint density at radius 2 is 1.75 bits per heavy atom. The molecule has 16 heavy (non-hydrogen) atoms. The van der Waals surface area contributed by atoms with Gasteiger partial charge in [-0.3, -0.25) is 0 Å². The lowest BCUT2D eigenvalue weighted by atomic mass is 10.3. The van der Waals surface area contributed by atoms with Crippen molar-refractivity contribution in [2.75, 3.05) is 7.11 Å². The third kappa shape index (κ3) is 3.05. The first kappa shape index (κ1) is 12.2. The van der Waals surface area contributed by atoms with Crippen LogP contribution in [0.25, 0.3) is 0 Å². The summed E-state index contributed by atoms with van der Waals surface area (Å²) < 4.78 is 9.45. The van der Waals surface area contributed by atoms with Crippen molar-refractivity contribution in [1.29, 1.82) is 0 Å². The van der Waals surface area contributed by atoms with Crippen LogP contribution in [-0.2, 0) is 9.47 Å². The van der Waals surface area contributed by atoms with Gasteiger partial charge in [0.25, 0.3) is 0 Å². The molecular weight excluding hydrogens is 210 g/mol. The van der Waals surface area contributed by atoms with Gasteiger partial charge in [-0.15, -0.1) is 0 Å². The molecule has 5 heteroatoms. The fourth-order valence-corrected chi connectivity index (χ4v) is 1.04. The molecule has 1 aromatic rings. The summed E-state index contributed by atoms with van der Waals surface area (Å²) in [5.74, 6) is -1.14. The zero-order valence-corrected chi connectivity index (χ0v) is 9.39. The Bertz CT molecular complexity index is 401. The number of carbonyl (C=O) groups excluding carboxylic acids is 2. The molecule has 0 aromatic carbocycles. The Morgan fingerprint density at radius 1 is 1.19 bits per heavy atom. The standard InChI is InChI=1S/C11H13NO4/c1-7(2)16-11(14)9-6-4-5-8(12-9)10(13)15-3/h4-7H,1-3H3. The van der Waals surface area contributed by atoms with Crippen LogP contribution in [0.4, 0.5) is 0 Å². The summed E-state index contributed by atoms with van der Waals surface area (Å²) in [6.07, 6.45) is -0.226. The molecule has 1 rings (SSSR count). The Morgan fingerprint density at radius 3 is 2.25 bits per heavy atom. The minimum atomic E-state index is -0.584. The molecule has 0 amide bonds. The van der Waals surface area contributed by atoms with Crippen LogP contribution in [-0.4, -0.2) is 30.1 Å². The predicted molar refractivity (Wildman–Crippen MR) is 56.1 cm³/mol. The van der Waals surface area contributed by atoms with Crippen molar-refractivity contribution in [3.63, 3.8) is 0 Å². The third-order valence-electron chi connectivity index (χ3n) is 1.70. The van der Waals surface area contributed by atoms with E-state index in [1.807, 2.05) is 0 Å². The number of esters is 2. The summed E-state index contributed by atoms with van der Waals surface area (Å²) in [5.41, 5.74) is 0.178. The SMILES string of the molecule is COC(=O)c1cccc(C(=O)OC(C)C)n1. The van der Waals surface area contributed by atoms with Crippen molar-refractivity contribution < 1.29 is 19.1 Å².